The van der Waals surface area contributed by atoms with Crippen LogP contribution in [0.25, 0.3) is 11.0 Å². The lowest BCUT2D eigenvalue weighted by Crippen LogP contribution is -2.22. The predicted octanol–water partition coefficient (Wildman–Crippen LogP) is 2.97. The fourth-order valence-corrected chi connectivity index (χ4v) is 3.24. The number of nitrogen functional groups attached to an aromatic ring is 1. The molecule has 0 bridgehead atoms. The third-order valence-electron chi connectivity index (χ3n) is 4.36. The molecule has 1 heterocycles. The molecule has 0 saturated carbocycles. The Labute approximate surface area is 123 Å². The van der Waals surface area contributed by atoms with Gasteiger partial charge in [0.1, 0.15) is 11.3 Å². The standard InChI is InChI=1S/C17H17N3O/c1-21-15-8-4-7-14-16(15)19-17(18)20(14)10-12-9-11-5-2-3-6-13(11)12/h2-8,12H,9-10H2,1H3,(H2,18,19). The molecule has 1 aromatic heterocycles. The van der Waals surface area contributed by atoms with E-state index < -0.39 is 0 Å². The lowest BCUT2D eigenvalue weighted by Gasteiger charge is -2.30. The molecule has 0 fully saturated rings. The van der Waals surface area contributed by atoms with Gasteiger partial charge in [0.15, 0.2) is 0 Å². The molecule has 0 spiro atoms. The minimum atomic E-state index is 0.520. The summed E-state index contributed by atoms with van der Waals surface area (Å²) in [6.07, 6.45) is 1.11. The SMILES string of the molecule is COc1cccc2c1nc(N)n2CC1Cc2ccccc21. The fraction of sp³-hybridized carbons (Fsp3) is 0.235. The number of hydrogen-bond acceptors (Lipinski definition) is 3. The van der Waals surface area contributed by atoms with E-state index in [-0.39, 0.29) is 0 Å². The maximum absolute atomic E-state index is 6.12. The summed E-state index contributed by atoms with van der Waals surface area (Å²) < 4.78 is 7.46. The first-order valence-electron chi connectivity index (χ1n) is 7.14. The Balaban J connectivity index is 1.74. The first kappa shape index (κ1) is 12.3. The molecule has 1 aliphatic rings. The van der Waals surface area contributed by atoms with Crippen LogP contribution < -0.4 is 10.5 Å². The second-order valence-corrected chi connectivity index (χ2v) is 5.51. The van der Waals surface area contributed by atoms with Gasteiger partial charge < -0.3 is 15.0 Å². The van der Waals surface area contributed by atoms with Gasteiger partial charge in [-0.1, -0.05) is 30.3 Å². The lowest BCUT2D eigenvalue weighted by atomic mass is 9.77. The van der Waals surface area contributed by atoms with Crippen LogP contribution in [0.4, 0.5) is 5.95 Å². The maximum atomic E-state index is 6.12. The molecule has 106 valence electrons. The molecule has 3 aromatic rings. The van der Waals surface area contributed by atoms with Crippen molar-refractivity contribution in [3.63, 3.8) is 0 Å². The van der Waals surface area contributed by atoms with Crippen LogP contribution in [0.5, 0.6) is 5.75 Å². The van der Waals surface area contributed by atoms with Crippen LogP contribution >= 0.6 is 0 Å². The summed E-state index contributed by atoms with van der Waals surface area (Å²) in [5.41, 5.74) is 10.9. The Morgan fingerprint density at radius 1 is 1.24 bits per heavy atom. The molecular formula is C17H17N3O. The average Bonchev–Trinajstić information content (AvgIpc) is 2.80. The molecule has 0 radical (unpaired) electrons. The van der Waals surface area contributed by atoms with Crippen molar-refractivity contribution in [1.29, 1.82) is 0 Å². The largest absolute Gasteiger partial charge is 0.494 e. The normalized spacial score (nSPS) is 16.5. The number of nitrogens with two attached hydrogens (primary N) is 1. The molecular weight excluding hydrogens is 262 g/mol. The Morgan fingerprint density at radius 3 is 2.90 bits per heavy atom. The van der Waals surface area contributed by atoms with Crippen LogP contribution in [0, 0.1) is 0 Å². The highest BCUT2D eigenvalue weighted by atomic mass is 16.5. The molecule has 0 amide bonds. The van der Waals surface area contributed by atoms with Crippen LogP contribution in [0.2, 0.25) is 0 Å². The zero-order valence-electron chi connectivity index (χ0n) is 11.9. The smallest absolute Gasteiger partial charge is 0.201 e. The molecule has 4 heteroatoms. The van der Waals surface area contributed by atoms with E-state index in [1.807, 2.05) is 18.2 Å². The number of nitrogens with zero attached hydrogens (tertiary/aromatic N) is 2. The van der Waals surface area contributed by atoms with Crippen molar-refractivity contribution in [2.45, 2.75) is 18.9 Å². The van der Waals surface area contributed by atoms with Crippen LogP contribution in [0.15, 0.2) is 42.5 Å². The number of fused-ring (bicyclic) bond motifs is 2. The van der Waals surface area contributed by atoms with Crippen molar-refractivity contribution in [3.05, 3.63) is 53.6 Å². The summed E-state index contributed by atoms with van der Waals surface area (Å²) in [4.78, 5) is 4.47. The monoisotopic (exact) mass is 279 g/mol. The molecule has 1 unspecified atom stereocenters. The first-order valence-corrected chi connectivity index (χ1v) is 7.14. The van der Waals surface area contributed by atoms with E-state index in [4.69, 9.17) is 10.5 Å². The zero-order chi connectivity index (χ0) is 14.4. The Hall–Kier alpha value is -2.49. The highest BCUT2D eigenvalue weighted by Crippen LogP contribution is 2.37. The minimum Gasteiger partial charge on any atom is -0.494 e. The van der Waals surface area contributed by atoms with Gasteiger partial charge in [0.25, 0.3) is 0 Å². The van der Waals surface area contributed by atoms with Gasteiger partial charge in [-0.15, -0.1) is 0 Å². The Bertz CT molecular complexity index is 822. The number of benzene rings is 2. The number of methoxy groups -OCH3 is 1. The van der Waals surface area contributed by atoms with Gasteiger partial charge >= 0.3 is 0 Å². The highest BCUT2D eigenvalue weighted by molar-refractivity contribution is 5.84. The van der Waals surface area contributed by atoms with Crippen molar-refractivity contribution in [3.8, 4) is 5.75 Å². The lowest BCUT2D eigenvalue weighted by molar-refractivity contribution is 0.419. The van der Waals surface area contributed by atoms with Gasteiger partial charge in [0, 0.05) is 12.5 Å². The van der Waals surface area contributed by atoms with E-state index in [2.05, 4.69) is 33.8 Å². The topological polar surface area (TPSA) is 53.1 Å². The van der Waals surface area contributed by atoms with Gasteiger partial charge in [-0.05, 0) is 29.7 Å². The van der Waals surface area contributed by atoms with E-state index >= 15 is 0 Å². The Morgan fingerprint density at radius 2 is 2.10 bits per heavy atom. The van der Waals surface area contributed by atoms with E-state index in [0.29, 0.717) is 11.9 Å². The highest BCUT2D eigenvalue weighted by Gasteiger charge is 2.27. The Kier molecular flexibility index (Phi) is 2.64. The summed E-state index contributed by atoms with van der Waals surface area (Å²) in [7, 11) is 1.66. The zero-order valence-corrected chi connectivity index (χ0v) is 11.9. The van der Waals surface area contributed by atoms with Crippen LogP contribution in [0.3, 0.4) is 0 Å². The molecule has 4 nitrogen and oxygen atoms in total. The van der Waals surface area contributed by atoms with Crippen molar-refractivity contribution in [2.75, 3.05) is 12.8 Å². The van der Waals surface area contributed by atoms with Gasteiger partial charge in [0.2, 0.25) is 5.95 Å². The third kappa shape index (κ3) is 1.79. The summed E-state index contributed by atoms with van der Waals surface area (Å²) >= 11 is 0. The van der Waals surface area contributed by atoms with Gasteiger partial charge in [-0.25, -0.2) is 4.98 Å². The maximum Gasteiger partial charge on any atom is 0.201 e. The number of imidazole rings is 1. The number of para-hydroxylation sites is 1. The predicted molar refractivity (Wildman–Crippen MR) is 83.6 cm³/mol. The summed E-state index contributed by atoms with van der Waals surface area (Å²) in [5.74, 6) is 1.85. The molecule has 4 rings (SSSR count). The van der Waals surface area contributed by atoms with Crippen molar-refractivity contribution < 1.29 is 4.74 Å². The molecule has 2 N–H and O–H groups in total. The quantitative estimate of drug-likeness (QED) is 0.802. The van der Waals surface area contributed by atoms with E-state index in [0.717, 1.165) is 29.7 Å². The molecule has 2 aromatic carbocycles. The number of hydrogen-bond donors (Lipinski definition) is 1. The minimum absolute atomic E-state index is 0.520. The molecule has 21 heavy (non-hydrogen) atoms. The van der Waals surface area contributed by atoms with Crippen LogP contribution in [0.1, 0.15) is 17.0 Å². The van der Waals surface area contributed by atoms with E-state index in [1.54, 1.807) is 7.11 Å². The van der Waals surface area contributed by atoms with Gasteiger partial charge in [-0.2, -0.15) is 0 Å². The van der Waals surface area contributed by atoms with Crippen molar-refractivity contribution in [1.82, 2.24) is 9.55 Å². The average molecular weight is 279 g/mol. The number of ether oxygens (including phenoxy) is 1. The summed E-state index contributed by atoms with van der Waals surface area (Å²) in [6.45, 7) is 0.868. The van der Waals surface area contributed by atoms with E-state index in [1.165, 1.54) is 11.1 Å². The fourth-order valence-electron chi connectivity index (χ4n) is 3.24. The van der Waals surface area contributed by atoms with Crippen molar-refractivity contribution in [2.24, 2.45) is 0 Å². The summed E-state index contributed by atoms with van der Waals surface area (Å²) in [5, 5.41) is 0. The molecule has 0 aliphatic heterocycles. The van der Waals surface area contributed by atoms with Gasteiger partial charge in [-0.3, -0.25) is 0 Å². The third-order valence-corrected chi connectivity index (χ3v) is 4.36. The second kappa shape index (κ2) is 4.52. The second-order valence-electron chi connectivity index (χ2n) is 5.51. The van der Waals surface area contributed by atoms with Crippen molar-refractivity contribution >= 4 is 17.0 Å². The number of rotatable bonds is 3. The van der Waals surface area contributed by atoms with Gasteiger partial charge in [0.05, 0.1) is 12.6 Å². The molecule has 1 aliphatic carbocycles. The molecule has 0 saturated heterocycles. The summed E-state index contributed by atoms with van der Waals surface area (Å²) in [6, 6.07) is 14.5. The first-order chi connectivity index (χ1) is 10.3. The van der Waals surface area contributed by atoms with Crippen LogP contribution in [-0.2, 0) is 13.0 Å². The number of aromatic nitrogens is 2. The van der Waals surface area contributed by atoms with E-state index in [9.17, 15) is 0 Å². The van der Waals surface area contributed by atoms with Crippen LogP contribution in [-0.4, -0.2) is 16.7 Å². The molecule has 1 atom stereocenters. The number of anilines is 1.